The molecule has 2 rings (SSSR count). The Hall–Kier alpha value is -0.560. The predicted octanol–water partition coefficient (Wildman–Crippen LogP) is 3.95. The van der Waals surface area contributed by atoms with Gasteiger partial charge in [0.05, 0.1) is 5.92 Å². The van der Waals surface area contributed by atoms with E-state index in [-0.39, 0.29) is 6.54 Å². The summed E-state index contributed by atoms with van der Waals surface area (Å²) in [5.41, 5.74) is 0.924. The van der Waals surface area contributed by atoms with Gasteiger partial charge in [0.15, 0.2) is 0 Å². The van der Waals surface area contributed by atoms with Gasteiger partial charge in [0.1, 0.15) is 6.54 Å². The number of aryl methyl sites for hydroxylation is 1. The van der Waals surface area contributed by atoms with Crippen molar-refractivity contribution in [1.82, 2.24) is 4.90 Å². The van der Waals surface area contributed by atoms with Crippen molar-refractivity contribution in [2.75, 3.05) is 18.4 Å². The van der Waals surface area contributed by atoms with Gasteiger partial charge in [-0.15, -0.1) is 11.3 Å². The van der Waals surface area contributed by atoms with Crippen LogP contribution in [-0.2, 0) is 11.2 Å². The van der Waals surface area contributed by atoms with Crippen molar-refractivity contribution >= 4 is 33.2 Å². The van der Waals surface area contributed by atoms with Crippen LogP contribution in [0.3, 0.4) is 0 Å². The van der Waals surface area contributed by atoms with Crippen molar-refractivity contribution in [2.45, 2.75) is 31.4 Å². The van der Waals surface area contributed by atoms with E-state index in [1.54, 1.807) is 11.3 Å². The number of hydrogen-bond acceptors (Lipinski definition) is 2. The number of alkyl halides is 4. The van der Waals surface area contributed by atoms with Crippen molar-refractivity contribution in [2.24, 2.45) is 0 Å². The highest BCUT2D eigenvalue weighted by atomic mass is 79.9. The lowest BCUT2D eigenvalue weighted by molar-refractivity contribution is -0.161. The molecule has 1 aliphatic carbocycles. The van der Waals surface area contributed by atoms with E-state index in [4.69, 9.17) is 0 Å². The summed E-state index contributed by atoms with van der Waals surface area (Å²) in [6, 6.07) is 1.88. The molecule has 0 spiro atoms. The first-order chi connectivity index (χ1) is 9.42. The third-order valence-corrected chi connectivity index (χ3v) is 4.74. The first-order valence-corrected chi connectivity index (χ1v) is 8.40. The van der Waals surface area contributed by atoms with Crippen LogP contribution < -0.4 is 0 Å². The van der Waals surface area contributed by atoms with Crippen molar-refractivity contribution < 1.29 is 18.0 Å². The molecule has 1 aromatic heterocycles. The zero-order chi connectivity index (χ0) is 14.8. The molecule has 1 atom stereocenters. The molecule has 0 aromatic carbocycles. The number of hydrogen-bond donors (Lipinski definition) is 0. The lowest BCUT2D eigenvalue weighted by atomic mass is 9.86. The van der Waals surface area contributed by atoms with E-state index in [0.717, 1.165) is 28.2 Å². The van der Waals surface area contributed by atoms with E-state index in [2.05, 4.69) is 15.9 Å². The molecule has 0 bridgehead atoms. The molecule has 0 N–H and O–H groups in total. The van der Waals surface area contributed by atoms with Gasteiger partial charge in [-0.3, -0.25) is 4.79 Å². The van der Waals surface area contributed by atoms with Crippen LogP contribution in [0.5, 0.6) is 0 Å². The van der Waals surface area contributed by atoms with Gasteiger partial charge < -0.3 is 4.90 Å². The number of nitrogens with zero attached hydrogens (tertiary/aromatic N) is 1. The van der Waals surface area contributed by atoms with E-state index < -0.39 is 24.5 Å². The standard InChI is InChI=1S/C13H15BrF3NOS/c14-5-6-18(8-13(15,16)17)12(19)10-2-1-3-11-9(10)4-7-20-11/h4,7,10H,1-3,5-6,8H2. The molecular formula is C13H15BrF3NOS. The zero-order valence-electron chi connectivity index (χ0n) is 10.8. The number of fused-ring (bicyclic) bond motifs is 1. The first kappa shape index (κ1) is 15.8. The zero-order valence-corrected chi connectivity index (χ0v) is 13.2. The normalized spacial score (nSPS) is 18.7. The van der Waals surface area contributed by atoms with Crippen molar-refractivity contribution in [1.29, 1.82) is 0 Å². The van der Waals surface area contributed by atoms with E-state index in [1.807, 2.05) is 11.4 Å². The lowest BCUT2D eigenvalue weighted by Gasteiger charge is -2.29. The third kappa shape index (κ3) is 3.75. The van der Waals surface area contributed by atoms with E-state index >= 15 is 0 Å². The second kappa shape index (κ2) is 6.47. The summed E-state index contributed by atoms with van der Waals surface area (Å²) in [4.78, 5) is 14.5. The number of rotatable bonds is 4. The SMILES string of the molecule is O=C(C1CCCc2sccc21)N(CCBr)CC(F)(F)F. The molecule has 0 fully saturated rings. The fourth-order valence-corrected chi connectivity index (χ4v) is 3.96. The second-order valence-corrected chi connectivity index (χ2v) is 6.60. The summed E-state index contributed by atoms with van der Waals surface area (Å²) in [6.07, 6.45) is -1.93. The molecule has 0 saturated heterocycles. The number of carbonyl (C=O) groups excluding carboxylic acids is 1. The Morgan fingerprint density at radius 2 is 2.25 bits per heavy atom. The van der Waals surface area contributed by atoms with Gasteiger partial charge in [-0.1, -0.05) is 15.9 Å². The molecule has 7 heteroatoms. The van der Waals surface area contributed by atoms with Gasteiger partial charge in [0.2, 0.25) is 5.91 Å². The van der Waals surface area contributed by atoms with E-state index in [1.165, 1.54) is 0 Å². The van der Waals surface area contributed by atoms with Gasteiger partial charge >= 0.3 is 6.18 Å². The van der Waals surface area contributed by atoms with Crippen LogP contribution in [0.15, 0.2) is 11.4 Å². The fourth-order valence-electron chi connectivity index (χ4n) is 2.55. The van der Waals surface area contributed by atoms with Crippen molar-refractivity contribution in [3.63, 3.8) is 0 Å². The van der Waals surface area contributed by atoms with E-state index in [0.29, 0.717) is 11.8 Å². The molecule has 20 heavy (non-hydrogen) atoms. The van der Waals surface area contributed by atoms with Gasteiger partial charge in [0, 0.05) is 16.8 Å². The molecule has 1 aliphatic rings. The molecule has 0 saturated carbocycles. The molecule has 0 aliphatic heterocycles. The van der Waals surface area contributed by atoms with Crippen LogP contribution in [0.1, 0.15) is 29.2 Å². The molecule has 1 heterocycles. The Kier molecular flexibility index (Phi) is 5.12. The maximum Gasteiger partial charge on any atom is 0.406 e. The largest absolute Gasteiger partial charge is 0.406 e. The molecule has 112 valence electrons. The van der Waals surface area contributed by atoms with Crippen LogP contribution in [0.25, 0.3) is 0 Å². The summed E-state index contributed by atoms with van der Waals surface area (Å²) in [5.74, 6) is -0.812. The fraction of sp³-hybridized carbons (Fsp3) is 0.615. The number of thiophene rings is 1. The maximum absolute atomic E-state index is 12.6. The Bertz CT molecular complexity index is 474. The highest BCUT2D eigenvalue weighted by molar-refractivity contribution is 9.09. The molecule has 0 radical (unpaired) electrons. The average molecular weight is 370 g/mol. The first-order valence-electron chi connectivity index (χ1n) is 6.40. The minimum Gasteiger partial charge on any atom is -0.332 e. The minimum atomic E-state index is -4.36. The lowest BCUT2D eigenvalue weighted by Crippen LogP contribution is -2.43. The minimum absolute atomic E-state index is 0.0777. The molecule has 2 nitrogen and oxygen atoms in total. The predicted molar refractivity (Wildman–Crippen MR) is 76.4 cm³/mol. The monoisotopic (exact) mass is 369 g/mol. The van der Waals surface area contributed by atoms with Crippen LogP contribution in [0.2, 0.25) is 0 Å². The van der Waals surface area contributed by atoms with Gasteiger partial charge in [-0.2, -0.15) is 13.2 Å². The maximum atomic E-state index is 12.6. The number of amides is 1. The molecule has 1 aromatic rings. The van der Waals surface area contributed by atoms with Gasteiger partial charge in [-0.25, -0.2) is 0 Å². The van der Waals surface area contributed by atoms with Gasteiger partial charge in [-0.05, 0) is 36.3 Å². The number of carbonyl (C=O) groups is 1. The summed E-state index contributed by atoms with van der Waals surface area (Å²) < 4.78 is 37.8. The summed E-state index contributed by atoms with van der Waals surface area (Å²) in [5, 5.41) is 2.26. The Morgan fingerprint density at radius 1 is 1.50 bits per heavy atom. The summed E-state index contributed by atoms with van der Waals surface area (Å²) in [6.45, 7) is -1.10. The van der Waals surface area contributed by atoms with Gasteiger partial charge in [0.25, 0.3) is 0 Å². The average Bonchev–Trinajstić information content (AvgIpc) is 2.83. The molecular weight excluding hydrogens is 355 g/mol. The van der Waals surface area contributed by atoms with Crippen LogP contribution in [0, 0.1) is 0 Å². The molecule has 1 amide bonds. The summed E-state index contributed by atoms with van der Waals surface area (Å²) >= 11 is 4.70. The quantitative estimate of drug-likeness (QED) is 0.735. The smallest absolute Gasteiger partial charge is 0.332 e. The summed E-state index contributed by atoms with van der Waals surface area (Å²) in [7, 11) is 0. The van der Waals surface area contributed by atoms with Crippen molar-refractivity contribution in [3.8, 4) is 0 Å². The molecule has 1 unspecified atom stereocenters. The topological polar surface area (TPSA) is 20.3 Å². The Balaban J connectivity index is 2.16. The number of halogens is 4. The van der Waals surface area contributed by atoms with Crippen LogP contribution in [0.4, 0.5) is 13.2 Å². The highest BCUT2D eigenvalue weighted by Crippen LogP contribution is 2.36. The van der Waals surface area contributed by atoms with Crippen molar-refractivity contribution in [3.05, 3.63) is 21.9 Å². The third-order valence-electron chi connectivity index (χ3n) is 3.39. The highest BCUT2D eigenvalue weighted by Gasteiger charge is 2.36. The Labute approximate surface area is 128 Å². The second-order valence-electron chi connectivity index (χ2n) is 4.81. The Morgan fingerprint density at radius 3 is 2.90 bits per heavy atom. The van der Waals surface area contributed by atoms with Crippen LogP contribution >= 0.6 is 27.3 Å². The van der Waals surface area contributed by atoms with Crippen LogP contribution in [-0.4, -0.2) is 35.4 Å². The van der Waals surface area contributed by atoms with E-state index in [9.17, 15) is 18.0 Å².